The molecule has 220 valence electrons. The van der Waals surface area contributed by atoms with Gasteiger partial charge in [-0.2, -0.15) is 0 Å². The zero-order chi connectivity index (χ0) is 30.7. The molecule has 0 aliphatic rings. The van der Waals surface area contributed by atoms with Gasteiger partial charge in [0, 0.05) is 12.8 Å². The van der Waals surface area contributed by atoms with Crippen LogP contribution in [0.1, 0.15) is 98.0 Å². The van der Waals surface area contributed by atoms with Crippen LogP contribution in [-0.4, -0.2) is 44.7 Å². The quantitative estimate of drug-likeness (QED) is 0.103. The van der Waals surface area contributed by atoms with Gasteiger partial charge in [-0.05, 0) is 76.9 Å². The molecule has 0 saturated carbocycles. The molecule has 0 spiro atoms. The van der Waals surface area contributed by atoms with Gasteiger partial charge in [0.1, 0.15) is 11.2 Å². The number of hydrogen-bond donors (Lipinski definition) is 0. The van der Waals surface area contributed by atoms with E-state index in [0.29, 0.717) is 10.0 Å². The maximum Gasteiger partial charge on any atom is 0.306 e. The molecule has 4 aromatic rings. The number of thiazole rings is 2. The molecule has 0 amide bonds. The second-order valence-electron chi connectivity index (χ2n) is 11.8. The third kappa shape index (κ3) is 8.87. The normalized spacial score (nSPS) is 12.2. The van der Waals surface area contributed by atoms with Crippen molar-refractivity contribution in [1.82, 2.24) is 9.97 Å². The third-order valence-electron chi connectivity index (χ3n) is 5.72. The van der Waals surface area contributed by atoms with Crippen LogP contribution < -0.4 is 0 Å². The second-order valence-corrected chi connectivity index (χ2v) is 13.9. The van der Waals surface area contributed by atoms with E-state index in [0.717, 1.165) is 31.6 Å². The second kappa shape index (κ2) is 12.6. The van der Waals surface area contributed by atoms with Crippen molar-refractivity contribution >= 4 is 78.8 Å². The minimum absolute atomic E-state index is 0.0197. The lowest BCUT2D eigenvalue weighted by molar-refractivity contribution is -0.155. The van der Waals surface area contributed by atoms with Crippen LogP contribution in [0.4, 0.5) is 0 Å². The first-order chi connectivity index (χ1) is 19.6. The van der Waals surface area contributed by atoms with Gasteiger partial charge < -0.3 is 9.47 Å². The van der Waals surface area contributed by atoms with Crippen molar-refractivity contribution in [2.24, 2.45) is 0 Å². The Morgan fingerprint density at radius 2 is 1.02 bits per heavy atom. The molecular weight excluding hydrogens is 572 g/mol. The zero-order valence-corrected chi connectivity index (χ0v) is 26.2. The molecule has 2 aromatic carbocycles. The minimum Gasteiger partial charge on any atom is -0.460 e. The number of aromatic nitrogens is 2. The SMILES string of the molecule is CC(C)(C)OC(=O)CCC(=O)c1nc2ccc(/C=C\c3ccc4nc(C(=O)CCC(=O)OC(C)(C)C)sc4c3)cc2s1. The first-order valence-electron chi connectivity index (χ1n) is 13.6. The summed E-state index contributed by atoms with van der Waals surface area (Å²) in [5, 5.41) is 0.753. The van der Waals surface area contributed by atoms with Gasteiger partial charge in [-0.1, -0.05) is 24.3 Å². The van der Waals surface area contributed by atoms with Gasteiger partial charge in [0.15, 0.2) is 21.6 Å². The van der Waals surface area contributed by atoms with Crippen molar-refractivity contribution in [1.29, 1.82) is 0 Å². The summed E-state index contributed by atoms with van der Waals surface area (Å²) in [6, 6.07) is 11.6. The highest BCUT2D eigenvalue weighted by Crippen LogP contribution is 2.28. The Hall–Kier alpha value is -3.76. The number of fused-ring (bicyclic) bond motifs is 2. The first-order valence-corrected chi connectivity index (χ1v) is 15.3. The summed E-state index contributed by atoms with van der Waals surface area (Å²) in [7, 11) is 0. The molecule has 0 bridgehead atoms. The Bertz CT molecular complexity index is 1560. The summed E-state index contributed by atoms with van der Waals surface area (Å²) >= 11 is 2.61. The molecule has 8 nitrogen and oxygen atoms in total. The predicted molar refractivity (Wildman–Crippen MR) is 167 cm³/mol. The summed E-state index contributed by atoms with van der Waals surface area (Å²) in [6.45, 7) is 10.8. The van der Waals surface area contributed by atoms with E-state index >= 15 is 0 Å². The summed E-state index contributed by atoms with van der Waals surface area (Å²) in [5.41, 5.74) is 2.18. The minimum atomic E-state index is -0.585. The van der Waals surface area contributed by atoms with Crippen LogP contribution in [0, 0.1) is 0 Å². The largest absolute Gasteiger partial charge is 0.460 e. The van der Waals surface area contributed by atoms with E-state index in [2.05, 4.69) is 9.97 Å². The Balaban J connectivity index is 1.39. The molecule has 0 saturated heterocycles. The number of carbonyl (C=O) groups is 4. The molecule has 42 heavy (non-hydrogen) atoms. The topological polar surface area (TPSA) is 113 Å². The molecule has 0 fully saturated rings. The van der Waals surface area contributed by atoms with E-state index in [1.165, 1.54) is 22.7 Å². The fraction of sp³-hybridized carbons (Fsp3) is 0.375. The van der Waals surface area contributed by atoms with E-state index in [4.69, 9.17) is 9.47 Å². The average Bonchev–Trinajstić information content (AvgIpc) is 3.51. The van der Waals surface area contributed by atoms with Crippen molar-refractivity contribution in [2.75, 3.05) is 0 Å². The van der Waals surface area contributed by atoms with Crippen molar-refractivity contribution < 1.29 is 28.7 Å². The van der Waals surface area contributed by atoms with Crippen LogP contribution in [-0.2, 0) is 19.1 Å². The molecule has 0 atom stereocenters. The maximum atomic E-state index is 12.6. The Kier molecular flexibility index (Phi) is 9.37. The lowest BCUT2D eigenvalue weighted by atomic mass is 10.1. The number of ketones is 2. The van der Waals surface area contributed by atoms with Gasteiger partial charge in [0.05, 0.1) is 33.3 Å². The smallest absolute Gasteiger partial charge is 0.306 e. The fourth-order valence-electron chi connectivity index (χ4n) is 3.95. The van der Waals surface area contributed by atoms with E-state index in [1.807, 2.05) is 48.6 Å². The molecular formula is C32H34N2O6S2. The molecule has 0 N–H and O–H groups in total. The molecule has 0 aliphatic carbocycles. The number of ether oxygens (including phenoxy) is 2. The van der Waals surface area contributed by atoms with Gasteiger partial charge in [-0.15, -0.1) is 22.7 Å². The Labute approximate surface area is 252 Å². The fourth-order valence-corrected chi connectivity index (χ4v) is 5.91. The van der Waals surface area contributed by atoms with Crippen LogP contribution in [0.3, 0.4) is 0 Å². The van der Waals surface area contributed by atoms with E-state index < -0.39 is 23.1 Å². The molecule has 2 heterocycles. The summed E-state index contributed by atoms with van der Waals surface area (Å²) < 4.78 is 12.3. The van der Waals surface area contributed by atoms with Gasteiger partial charge >= 0.3 is 11.9 Å². The number of hydrogen-bond acceptors (Lipinski definition) is 10. The highest BCUT2D eigenvalue weighted by atomic mass is 32.1. The van der Waals surface area contributed by atoms with Gasteiger partial charge in [-0.3, -0.25) is 19.2 Å². The van der Waals surface area contributed by atoms with Crippen molar-refractivity contribution in [3.05, 3.63) is 57.5 Å². The lowest BCUT2D eigenvalue weighted by Crippen LogP contribution is -2.24. The number of esters is 2. The summed E-state index contributed by atoms with van der Waals surface area (Å²) in [5.74, 6) is -1.16. The van der Waals surface area contributed by atoms with Crippen LogP contribution >= 0.6 is 22.7 Å². The standard InChI is InChI=1S/C32H34N2O6S2/c1-31(2,3)39-27(37)15-13-23(35)29-33-21-11-9-19(17-25(21)41-29)7-8-20-10-12-22-26(18-20)42-30(34-22)24(36)14-16-28(38)40-32(4,5)6/h7-12,17-18H,13-16H2,1-6H3/b8-7-. The molecule has 2 aromatic heterocycles. The van der Waals surface area contributed by atoms with Gasteiger partial charge in [-0.25, -0.2) is 9.97 Å². The van der Waals surface area contributed by atoms with Crippen molar-refractivity contribution in [3.63, 3.8) is 0 Å². The van der Waals surface area contributed by atoms with Crippen LogP contribution in [0.25, 0.3) is 32.6 Å². The van der Waals surface area contributed by atoms with Gasteiger partial charge in [0.25, 0.3) is 0 Å². The zero-order valence-electron chi connectivity index (χ0n) is 24.6. The summed E-state index contributed by atoms with van der Waals surface area (Å²) in [4.78, 5) is 58.1. The van der Waals surface area contributed by atoms with E-state index in [9.17, 15) is 19.2 Å². The average molecular weight is 607 g/mol. The third-order valence-corrected chi connectivity index (χ3v) is 7.84. The molecule has 10 heteroatoms. The van der Waals surface area contributed by atoms with Gasteiger partial charge in [0.2, 0.25) is 0 Å². The predicted octanol–water partition coefficient (Wildman–Crippen LogP) is 7.69. The molecule has 0 aliphatic heterocycles. The molecule has 0 unspecified atom stereocenters. The molecule has 4 rings (SSSR count). The highest BCUT2D eigenvalue weighted by molar-refractivity contribution is 7.20. The monoisotopic (exact) mass is 606 g/mol. The number of benzene rings is 2. The number of Topliss-reactive ketones (excluding diaryl/α,β-unsaturated/α-hetero) is 2. The van der Waals surface area contributed by atoms with E-state index in [-0.39, 0.29) is 37.2 Å². The van der Waals surface area contributed by atoms with Crippen LogP contribution in [0.5, 0.6) is 0 Å². The Morgan fingerprint density at radius 3 is 1.38 bits per heavy atom. The number of carbonyl (C=O) groups excluding carboxylic acids is 4. The highest BCUT2D eigenvalue weighted by Gasteiger charge is 2.20. The molecule has 0 radical (unpaired) electrons. The van der Waals surface area contributed by atoms with Crippen molar-refractivity contribution in [2.45, 2.75) is 78.4 Å². The van der Waals surface area contributed by atoms with Crippen molar-refractivity contribution in [3.8, 4) is 0 Å². The van der Waals surface area contributed by atoms with Crippen LogP contribution in [0.2, 0.25) is 0 Å². The Morgan fingerprint density at radius 1 is 0.643 bits per heavy atom. The van der Waals surface area contributed by atoms with Crippen LogP contribution in [0.15, 0.2) is 36.4 Å². The number of nitrogens with zero attached hydrogens (tertiary/aromatic N) is 2. The first kappa shape index (κ1) is 31.2. The lowest BCUT2D eigenvalue weighted by Gasteiger charge is -2.19. The summed E-state index contributed by atoms with van der Waals surface area (Å²) in [6.07, 6.45) is 4.09. The van der Waals surface area contributed by atoms with E-state index in [1.54, 1.807) is 41.5 Å². The maximum absolute atomic E-state index is 12.6. The number of rotatable bonds is 10.